The zero-order valence-electron chi connectivity index (χ0n) is 15.8. The number of ether oxygens (including phenoxy) is 2. The van der Waals surface area contributed by atoms with Crippen LogP contribution in [0.15, 0.2) is 34.8 Å². The monoisotopic (exact) mass is 403 g/mol. The van der Waals surface area contributed by atoms with Gasteiger partial charge in [0.2, 0.25) is 0 Å². The Hall–Kier alpha value is -1.79. The van der Waals surface area contributed by atoms with Crippen LogP contribution in [0.3, 0.4) is 0 Å². The number of nitrogens with zero attached hydrogens (tertiary/aromatic N) is 1. The van der Waals surface area contributed by atoms with E-state index in [0.29, 0.717) is 22.4 Å². The van der Waals surface area contributed by atoms with Gasteiger partial charge in [0.05, 0.1) is 12.0 Å². The minimum absolute atomic E-state index is 0.0119. The summed E-state index contributed by atoms with van der Waals surface area (Å²) < 4.78 is 11.8. The number of thiocarbonyl (C=S) groups is 1. The predicted molar refractivity (Wildman–Crippen MR) is 115 cm³/mol. The molecule has 144 valence electrons. The molecule has 0 saturated carbocycles. The molecule has 1 aromatic carbocycles. The lowest BCUT2D eigenvalue weighted by Crippen LogP contribution is -2.29. The third-order valence-corrected chi connectivity index (χ3v) is 6.01. The lowest BCUT2D eigenvalue weighted by molar-refractivity contribution is -0.122. The van der Waals surface area contributed by atoms with Crippen molar-refractivity contribution in [3.8, 4) is 11.5 Å². The van der Waals surface area contributed by atoms with Crippen LogP contribution in [-0.2, 0) is 4.79 Å². The summed E-state index contributed by atoms with van der Waals surface area (Å²) in [7, 11) is 1.63. The maximum Gasteiger partial charge on any atom is 0.266 e. The number of para-hydroxylation sites is 1. The molecule has 0 aliphatic carbocycles. The molecular formula is C21H25NO3S2. The van der Waals surface area contributed by atoms with Gasteiger partial charge in [0.25, 0.3) is 5.91 Å². The van der Waals surface area contributed by atoms with E-state index in [0.717, 1.165) is 35.5 Å². The van der Waals surface area contributed by atoms with E-state index >= 15 is 0 Å². The van der Waals surface area contributed by atoms with E-state index in [2.05, 4.69) is 6.92 Å². The quantitative estimate of drug-likeness (QED) is 0.339. The number of carbonyl (C=O) groups excluding carboxylic acids is 1. The van der Waals surface area contributed by atoms with Crippen molar-refractivity contribution in [2.24, 2.45) is 0 Å². The number of rotatable bonds is 8. The Morgan fingerprint density at radius 1 is 1.30 bits per heavy atom. The van der Waals surface area contributed by atoms with Crippen LogP contribution in [-0.4, -0.2) is 35.4 Å². The van der Waals surface area contributed by atoms with Gasteiger partial charge in [0.1, 0.15) is 10.9 Å². The highest BCUT2D eigenvalue weighted by molar-refractivity contribution is 8.26. The third-order valence-electron chi connectivity index (χ3n) is 4.63. The predicted octanol–water partition coefficient (Wildman–Crippen LogP) is 5.19. The van der Waals surface area contributed by atoms with Gasteiger partial charge in [-0.2, -0.15) is 0 Å². The first-order chi connectivity index (χ1) is 13.1. The molecule has 27 heavy (non-hydrogen) atoms. The number of thioether (sulfide) groups is 1. The fourth-order valence-corrected chi connectivity index (χ4v) is 4.50. The second-order valence-corrected chi connectivity index (χ2v) is 8.31. The molecule has 4 nitrogen and oxygen atoms in total. The maximum absolute atomic E-state index is 12.7. The molecule has 1 aromatic rings. The maximum atomic E-state index is 12.7. The van der Waals surface area contributed by atoms with Crippen molar-refractivity contribution in [1.82, 2.24) is 4.90 Å². The highest BCUT2D eigenvalue weighted by Gasteiger charge is 2.31. The van der Waals surface area contributed by atoms with Crippen LogP contribution in [0.5, 0.6) is 11.5 Å². The summed E-state index contributed by atoms with van der Waals surface area (Å²) in [5, 5.41) is 0. The van der Waals surface area contributed by atoms with Gasteiger partial charge in [-0.1, -0.05) is 68.7 Å². The molecule has 0 radical (unpaired) electrons. The van der Waals surface area contributed by atoms with E-state index in [4.69, 9.17) is 21.7 Å². The van der Waals surface area contributed by atoms with Crippen molar-refractivity contribution >= 4 is 40.3 Å². The van der Waals surface area contributed by atoms with E-state index in [9.17, 15) is 4.79 Å². The van der Waals surface area contributed by atoms with Gasteiger partial charge < -0.3 is 9.47 Å². The van der Waals surface area contributed by atoms with Gasteiger partial charge in [0.15, 0.2) is 11.5 Å². The fourth-order valence-electron chi connectivity index (χ4n) is 3.18. The first-order valence-electron chi connectivity index (χ1n) is 9.39. The standard InChI is InChI=1S/C21H25NO3S2/c1-3-4-5-6-7-11-22-20(23)18(27-21(22)26)13-15-12-16-9-8-10-17(24-2)19(16)25-14-15/h8-10,12-13H,3-7,11,14H2,1-2H3/b18-13+. The van der Waals surface area contributed by atoms with E-state index in [1.165, 1.54) is 31.0 Å². The van der Waals surface area contributed by atoms with Gasteiger partial charge in [-0.25, -0.2) is 0 Å². The molecule has 2 aliphatic rings. The van der Waals surface area contributed by atoms with Crippen LogP contribution in [0.1, 0.15) is 44.6 Å². The molecule has 0 N–H and O–H groups in total. The van der Waals surface area contributed by atoms with Crippen molar-refractivity contribution in [1.29, 1.82) is 0 Å². The Bertz CT molecular complexity index is 786. The van der Waals surface area contributed by atoms with Crippen LogP contribution in [0, 0.1) is 0 Å². The topological polar surface area (TPSA) is 38.8 Å². The van der Waals surface area contributed by atoms with Crippen molar-refractivity contribution in [2.45, 2.75) is 39.0 Å². The molecule has 1 amide bonds. The molecule has 0 bridgehead atoms. The van der Waals surface area contributed by atoms with Gasteiger partial charge >= 0.3 is 0 Å². The van der Waals surface area contributed by atoms with Gasteiger partial charge in [-0.3, -0.25) is 9.69 Å². The SMILES string of the molecule is CCCCCCCN1C(=O)/C(=C\C2=Cc3cccc(OC)c3OC2)SC1=S. The average molecular weight is 404 g/mol. The van der Waals surface area contributed by atoms with Gasteiger partial charge in [-0.05, 0) is 30.2 Å². The summed E-state index contributed by atoms with van der Waals surface area (Å²) in [6.45, 7) is 3.32. The molecule has 3 rings (SSSR count). The van der Waals surface area contributed by atoms with E-state index < -0.39 is 0 Å². The number of benzene rings is 1. The molecule has 0 spiro atoms. The first kappa shape index (κ1) is 20.0. The first-order valence-corrected chi connectivity index (χ1v) is 10.6. The summed E-state index contributed by atoms with van der Waals surface area (Å²) in [5.74, 6) is 1.48. The molecule has 2 aliphatic heterocycles. The zero-order valence-corrected chi connectivity index (χ0v) is 17.5. The highest BCUT2D eigenvalue weighted by atomic mass is 32.2. The Morgan fingerprint density at radius 2 is 2.11 bits per heavy atom. The Labute approximate surface area is 170 Å². The van der Waals surface area contributed by atoms with Crippen molar-refractivity contribution in [2.75, 3.05) is 20.3 Å². The summed E-state index contributed by atoms with van der Waals surface area (Å²) in [5.41, 5.74) is 1.91. The largest absolute Gasteiger partial charge is 0.493 e. The summed E-state index contributed by atoms with van der Waals surface area (Å²) >= 11 is 6.80. The zero-order chi connectivity index (χ0) is 19.2. The lowest BCUT2D eigenvalue weighted by Gasteiger charge is -2.18. The normalized spacial score (nSPS) is 17.8. The summed E-state index contributed by atoms with van der Waals surface area (Å²) in [6, 6.07) is 5.79. The second-order valence-electron chi connectivity index (χ2n) is 6.63. The van der Waals surface area contributed by atoms with Crippen molar-refractivity contribution < 1.29 is 14.3 Å². The molecule has 6 heteroatoms. The molecular weight excluding hydrogens is 378 g/mol. The Balaban J connectivity index is 1.68. The number of unbranched alkanes of at least 4 members (excludes halogenated alkanes) is 4. The van der Waals surface area contributed by atoms with Crippen LogP contribution in [0.2, 0.25) is 0 Å². The lowest BCUT2D eigenvalue weighted by atomic mass is 10.1. The van der Waals surface area contributed by atoms with Crippen LogP contribution in [0.4, 0.5) is 0 Å². The highest BCUT2D eigenvalue weighted by Crippen LogP contribution is 2.37. The number of carbonyl (C=O) groups is 1. The molecule has 1 saturated heterocycles. The number of fused-ring (bicyclic) bond motifs is 1. The molecule has 0 aromatic heterocycles. The van der Waals surface area contributed by atoms with E-state index in [1.807, 2.05) is 30.4 Å². The average Bonchev–Trinajstić information content (AvgIpc) is 2.94. The molecule has 0 unspecified atom stereocenters. The number of hydrogen-bond acceptors (Lipinski definition) is 5. The number of methoxy groups -OCH3 is 1. The summed E-state index contributed by atoms with van der Waals surface area (Å²) in [6.07, 6.45) is 9.76. The Kier molecular flexibility index (Phi) is 6.96. The Morgan fingerprint density at radius 3 is 2.89 bits per heavy atom. The summed E-state index contributed by atoms with van der Waals surface area (Å²) in [4.78, 5) is 15.1. The van der Waals surface area contributed by atoms with E-state index in [-0.39, 0.29) is 5.91 Å². The minimum atomic E-state index is 0.0119. The molecule has 1 fully saturated rings. The van der Waals surface area contributed by atoms with Gasteiger partial charge in [0, 0.05) is 12.1 Å². The smallest absolute Gasteiger partial charge is 0.266 e. The van der Waals surface area contributed by atoms with Crippen molar-refractivity contribution in [3.63, 3.8) is 0 Å². The van der Waals surface area contributed by atoms with Crippen LogP contribution in [0.25, 0.3) is 6.08 Å². The second kappa shape index (κ2) is 9.42. The number of hydrogen-bond donors (Lipinski definition) is 0. The molecule has 0 atom stereocenters. The third kappa shape index (κ3) is 4.74. The van der Waals surface area contributed by atoms with E-state index in [1.54, 1.807) is 12.0 Å². The minimum Gasteiger partial charge on any atom is -0.493 e. The van der Waals surface area contributed by atoms with Crippen LogP contribution >= 0.6 is 24.0 Å². The van der Waals surface area contributed by atoms with Crippen LogP contribution < -0.4 is 9.47 Å². The molecule has 2 heterocycles. The van der Waals surface area contributed by atoms with Gasteiger partial charge in [-0.15, -0.1) is 0 Å². The fraction of sp³-hybridized carbons (Fsp3) is 0.429. The van der Waals surface area contributed by atoms with Crippen molar-refractivity contribution in [3.05, 3.63) is 40.3 Å². The number of amides is 1.